The van der Waals surface area contributed by atoms with E-state index in [2.05, 4.69) is 44.9 Å². The number of Topliss-reactive ketones (excluding diaryl/α,β-unsaturated/α-hetero) is 1. The summed E-state index contributed by atoms with van der Waals surface area (Å²) in [6.07, 6.45) is 3.56. The molecule has 2 aromatic heterocycles. The molecular weight excluding hydrogens is 1030 g/mol. The zero-order valence-corrected chi connectivity index (χ0v) is 48.1. The van der Waals surface area contributed by atoms with Gasteiger partial charge < -0.3 is 91.4 Å². The van der Waals surface area contributed by atoms with Crippen LogP contribution >= 0.6 is 0 Å². The van der Waals surface area contributed by atoms with Crippen molar-refractivity contribution in [3.63, 3.8) is 0 Å². The topological polar surface area (TPSA) is 239 Å². The largest absolute Gasteiger partial charge is 0.382 e. The number of unbranched alkanes of at least 4 members (excludes halogenated alkanes) is 1. The number of nitrogens with two attached hydrogens (primary N) is 1. The minimum atomic E-state index is 0.0524. The van der Waals surface area contributed by atoms with Gasteiger partial charge in [-0.2, -0.15) is 0 Å². The maximum Gasteiger partial charge on any atom is 0.152 e. The first-order chi connectivity index (χ1) is 39.0. The minimum Gasteiger partial charge on any atom is -0.382 e. The van der Waals surface area contributed by atoms with Gasteiger partial charge in [0.2, 0.25) is 0 Å². The lowest BCUT2D eigenvalue weighted by Crippen LogP contribution is -2.47. The maximum absolute atomic E-state index is 11.5. The van der Waals surface area contributed by atoms with E-state index in [1.807, 2.05) is 13.8 Å². The summed E-state index contributed by atoms with van der Waals surface area (Å²) in [6, 6.07) is 6.43. The Kier molecular flexibility index (Phi) is 40.7. The highest BCUT2D eigenvalue weighted by Crippen LogP contribution is 2.30. The molecule has 0 bridgehead atoms. The first-order valence-corrected chi connectivity index (χ1v) is 28.8. The van der Waals surface area contributed by atoms with E-state index in [0.29, 0.717) is 224 Å². The van der Waals surface area contributed by atoms with Crippen molar-refractivity contribution in [2.45, 2.75) is 46.5 Å². The van der Waals surface area contributed by atoms with E-state index in [1.165, 1.54) is 5.69 Å². The second-order valence-corrected chi connectivity index (χ2v) is 18.7. The van der Waals surface area contributed by atoms with Gasteiger partial charge in [0, 0.05) is 62.6 Å². The zero-order chi connectivity index (χ0) is 55.9. The van der Waals surface area contributed by atoms with Crippen LogP contribution in [0.1, 0.15) is 45.9 Å². The van der Waals surface area contributed by atoms with Crippen LogP contribution < -0.4 is 10.6 Å². The fourth-order valence-corrected chi connectivity index (χ4v) is 7.75. The Morgan fingerprint density at radius 2 is 0.861 bits per heavy atom. The number of H-pyrrole nitrogens is 1. The molecule has 0 amide bonds. The van der Waals surface area contributed by atoms with E-state index < -0.39 is 0 Å². The van der Waals surface area contributed by atoms with Gasteiger partial charge in [0.05, 0.1) is 222 Å². The number of carbonyl (C=O) groups is 1. The molecular formula is C56H98N6O17. The van der Waals surface area contributed by atoms with E-state index in [1.54, 1.807) is 0 Å². The average Bonchev–Trinajstić information content (AvgIpc) is 3.98. The zero-order valence-electron chi connectivity index (χ0n) is 48.1. The fraction of sp³-hybridized carbons (Fsp3) is 0.804. The predicted octanol–water partition coefficient (Wildman–Crippen LogP) is 4.04. The first-order valence-electron chi connectivity index (χ1n) is 28.8. The quantitative estimate of drug-likeness (QED) is 0.0759. The van der Waals surface area contributed by atoms with Crippen molar-refractivity contribution in [2.24, 2.45) is 5.92 Å². The minimum absolute atomic E-state index is 0.0524. The summed E-state index contributed by atoms with van der Waals surface area (Å²) in [5.74, 6) is 1.71. The second kappa shape index (κ2) is 47.2. The van der Waals surface area contributed by atoms with Crippen LogP contribution in [0.4, 0.5) is 11.5 Å². The van der Waals surface area contributed by atoms with Crippen LogP contribution in [0.3, 0.4) is 0 Å². The number of hydrogen-bond donors (Lipinski definition) is 2. The summed E-state index contributed by atoms with van der Waals surface area (Å²) in [6.45, 7) is 26.7. The van der Waals surface area contributed by atoms with Gasteiger partial charge in [-0.05, 0) is 24.6 Å². The Balaban J connectivity index is 0.758. The lowest BCUT2D eigenvalue weighted by molar-refractivity contribution is -0.123. The molecule has 0 spiro atoms. The van der Waals surface area contributed by atoms with E-state index in [0.717, 1.165) is 79.7 Å². The number of nitrogens with zero attached hydrogens (tertiary/aromatic N) is 4. The molecule has 23 nitrogen and oxygen atoms in total. The Morgan fingerprint density at radius 3 is 1.22 bits per heavy atom. The summed E-state index contributed by atoms with van der Waals surface area (Å²) >= 11 is 0. The van der Waals surface area contributed by atoms with Crippen molar-refractivity contribution in [3.8, 4) is 0 Å². The summed E-state index contributed by atoms with van der Waals surface area (Å²) in [7, 11) is 0. The van der Waals surface area contributed by atoms with Gasteiger partial charge in [0.25, 0.3) is 0 Å². The number of rotatable bonds is 56. The van der Waals surface area contributed by atoms with Crippen molar-refractivity contribution in [1.29, 1.82) is 0 Å². The third kappa shape index (κ3) is 33.4. The fourth-order valence-electron chi connectivity index (χ4n) is 7.75. The third-order valence-corrected chi connectivity index (χ3v) is 12.3. The van der Waals surface area contributed by atoms with Gasteiger partial charge in [0.1, 0.15) is 17.1 Å². The van der Waals surface area contributed by atoms with E-state index in [4.69, 9.17) is 86.5 Å². The molecule has 1 aliphatic heterocycles. The smallest absolute Gasteiger partial charge is 0.152 e. The lowest BCUT2D eigenvalue weighted by atomic mass is 10.1. The van der Waals surface area contributed by atoms with E-state index >= 15 is 0 Å². The number of carbonyl (C=O) groups excluding carboxylic acids is 1. The number of ketones is 1. The normalized spacial score (nSPS) is 13.3. The monoisotopic (exact) mass is 1130 g/mol. The molecule has 3 aromatic rings. The molecule has 4 rings (SSSR count). The van der Waals surface area contributed by atoms with Gasteiger partial charge in [-0.25, -0.2) is 9.97 Å². The summed E-state index contributed by atoms with van der Waals surface area (Å²) < 4.78 is 88.8. The van der Waals surface area contributed by atoms with Crippen LogP contribution in [0.15, 0.2) is 18.2 Å². The van der Waals surface area contributed by atoms with Gasteiger partial charge in [-0.3, -0.25) is 9.69 Å². The highest BCUT2D eigenvalue weighted by Gasteiger charge is 2.19. The number of hydrogen-bond acceptors (Lipinski definition) is 22. The number of ether oxygens (including phenoxy) is 16. The van der Waals surface area contributed by atoms with Crippen molar-refractivity contribution >= 4 is 39.2 Å². The molecule has 3 N–H and O–H groups in total. The number of fused-ring (bicyclic) bond motifs is 3. The summed E-state index contributed by atoms with van der Waals surface area (Å²) in [4.78, 5) is 29.3. The molecule has 1 fully saturated rings. The summed E-state index contributed by atoms with van der Waals surface area (Å²) in [5, 5.41) is 1.06. The van der Waals surface area contributed by atoms with Crippen molar-refractivity contribution < 1.29 is 80.6 Å². The van der Waals surface area contributed by atoms with Gasteiger partial charge >= 0.3 is 0 Å². The standard InChI is InChI=1S/C56H98N6O17/c1-4-5-6-53-59-54-50-47-49(7-8-51(50)58-56(57)55(54)60-53)62-12-10-61(11-13-62)14-16-65-18-20-67-22-24-69-26-28-71-30-32-73-34-36-75-38-40-77-42-44-79-46-45-78-43-41-76-39-37-74-35-33-72-31-29-70-27-25-68-23-21-66-19-17-64-15-9-52(63)48(2)3/h7-8,47-48H,4-6,9-46H2,1-3H3,(H2,57,58)(H,59,60). The number of aromatic nitrogens is 3. The van der Waals surface area contributed by atoms with Crippen LogP contribution in [0, 0.1) is 5.92 Å². The van der Waals surface area contributed by atoms with Crippen molar-refractivity contribution in [2.75, 3.05) is 255 Å². The van der Waals surface area contributed by atoms with Crippen molar-refractivity contribution in [3.05, 3.63) is 24.0 Å². The number of benzene rings is 1. The molecule has 1 saturated heterocycles. The van der Waals surface area contributed by atoms with E-state index in [-0.39, 0.29) is 11.7 Å². The second-order valence-electron chi connectivity index (χ2n) is 18.7. The molecule has 1 aliphatic rings. The lowest BCUT2D eigenvalue weighted by Gasteiger charge is -2.36. The Labute approximate surface area is 469 Å². The molecule has 0 unspecified atom stereocenters. The average molecular weight is 1130 g/mol. The van der Waals surface area contributed by atoms with Crippen LogP contribution in [0.25, 0.3) is 21.9 Å². The molecule has 0 radical (unpaired) electrons. The molecule has 1 aromatic carbocycles. The van der Waals surface area contributed by atoms with Crippen LogP contribution in [0.5, 0.6) is 0 Å². The maximum atomic E-state index is 11.5. The molecule has 79 heavy (non-hydrogen) atoms. The number of imidazole rings is 1. The van der Waals surface area contributed by atoms with Crippen LogP contribution in [0.2, 0.25) is 0 Å². The number of aromatic amines is 1. The molecule has 454 valence electrons. The summed E-state index contributed by atoms with van der Waals surface area (Å²) in [5.41, 5.74) is 10.1. The molecule has 3 heterocycles. The number of pyridine rings is 1. The first kappa shape index (κ1) is 68.2. The third-order valence-electron chi connectivity index (χ3n) is 12.3. The highest BCUT2D eigenvalue weighted by atomic mass is 16.6. The van der Waals surface area contributed by atoms with Gasteiger partial charge in [-0.1, -0.05) is 27.2 Å². The number of anilines is 2. The number of nitrogens with one attached hydrogen (secondary N) is 1. The SMILES string of the molecule is CCCCc1nc2c(N)nc3ccc(N4CCN(CCOCCOCCOCCOCCOCCOCCOCCOCCOCCOCCOCCOCCOCCOCCOCCOCCC(=O)C(C)C)CC4)cc3c2[nH]1. The van der Waals surface area contributed by atoms with Gasteiger partial charge in [0.15, 0.2) is 5.82 Å². The Bertz CT molecular complexity index is 1910. The van der Waals surface area contributed by atoms with E-state index in [9.17, 15) is 4.79 Å². The molecule has 0 aliphatic carbocycles. The van der Waals surface area contributed by atoms with Crippen LogP contribution in [-0.4, -0.2) is 270 Å². The predicted molar refractivity (Wildman–Crippen MR) is 301 cm³/mol. The molecule has 0 atom stereocenters. The highest BCUT2D eigenvalue weighted by molar-refractivity contribution is 6.07. The Hall–Kier alpha value is -3.31. The number of aryl methyl sites for hydroxylation is 1. The Morgan fingerprint density at radius 1 is 0.506 bits per heavy atom. The molecule has 0 saturated carbocycles. The van der Waals surface area contributed by atoms with Crippen LogP contribution in [-0.2, 0) is 87.0 Å². The molecule has 23 heteroatoms. The number of piperazine rings is 1. The number of nitrogen functional groups attached to an aromatic ring is 1. The van der Waals surface area contributed by atoms with Gasteiger partial charge in [-0.15, -0.1) is 0 Å². The van der Waals surface area contributed by atoms with Crippen molar-refractivity contribution in [1.82, 2.24) is 19.9 Å².